The first-order valence-electron chi connectivity index (χ1n) is 4.78. The van der Waals surface area contributed by atoms with Crippen LogP contribution in [0.5, 0.6) is 0 Å². The van der Waals surface area contributed by atoms with Gasteiger partial charge in [-0.3, -0.25) is 0 Å². The molecule has 1 aliphatic rings. The number of rotatable bonds is 3. The Labute approximate surface area is 87.9 Å². The molecule has 0 radical (unpaired) electrons. The largest absolute Gasteiger partial charge is 0.308 e. The first kappa shape index (κ1) is 9.56. The van der Waals surface area contributed by atoms with E-state index in [0.29, 0.717) is 0 Å². The van der Waals surface area contributed by atoms with Gasteiger partial charge in [0, 0.05) is 23.2 Å². The van der Waals surface area contributed by atoms with E-state index in [9.17, 15) is 0 Å². The van der Waals surface area contributed by atoms with Gasteiger partial charge in [0.25, 0.3) is 0 Å². The maximum atomic E-state index is 3.61. The van der Waals surface area contributed by atoms with Crippen LogP contribution in [0.25, 0.3) is 0 Å². The minimum absolute atomic E-state index is 0.751. The van der Waals surface area contributed by atoms with Gasteiger partial charge in [-0.1, -0.05) is 6.07 Å². The number of hydrogen-bond donors (Lipinski definition) is 1. The third-order valence-corrected chi connectivity index (χ3v) is 4.40. The topological polar surface area (TPSA) is 12.0 Å². The van der Waals surface area contributed by atoms with Gasteiger partial charge in [-0.2, -0.15) is 11.8 Å². The minimum Gasteiger partial charge on any atom is -0.308 e. The zero-order valence-electron chi connectivity index (χ0n) is 7.66. The van der Waals surface area contributed by atoms with Crippen molar-refractivity contribution < 1.29 is 0 Å². The molecule has 1 saturated heterocycles. The predicted octanol–water partition coefficient (Wildman–Crippen LogP) is 2.73. The van der Waals surface area contributed by atoms with Crippen molar-refractivity contribution in [2.24, 2.45) is 0 Å². The second-order valence-corrected chi connectivity index (χ2v) is 5.56. The molecular weight excluding hydrogens is 198 g/mol. The van der Waals surface area contributed by atoms with Crippen LogP contribution in [0.3, 0.4) is 0 Å². The fourth-order valence-corrected chi connectivity index (χ4v) is 3.32. The summed E-state index contributed by atoms with van der Waals surface area (Å²) in [6.07, 6.45) is 2.74. The normalized spacial score (nSPS) is 23.2. The molecule has 0 bridgehead atoms. The molecule has 2 rings (SSSR count). The molecule has 0 spiro atoms. The van der Waals surface area contributed by atoms with Crippen LogP contribution in [0.4, 0.5) is 0 Å². The van der Waals surface area contributed by atoms with Crippen molar-refractivity contribution in [1.82, 2.24) is 5.32 Å². The molecule has 0 aliphatic carbocycles. The monoisotopic (exact) mass is 213 g/mol. The molecule has 1 fully saturated rings. The van der Waals surface area contributed by atoms with Gasteiger partial charge in [-0.25, -0.2) is 0 Å². The van der Waals surface area contributed by atoms with E-state index in [1.165, 1.54) is 29.2 Å². The summed E-state index contributed by atoms with van der Waals surface area (Å²) in [5.41, 5.74) is 0. The fraction of sp³-hybridized carbons (Fsp3) is 0.600. The third kappa shape index (κ3) is 3.01. The quantitative estimate of drug-likeness (QED) is 0.828. The zero-order chi connectivity index (χ0) is 8.93. The molecule has 1 N–H and O–H groups in total. The first-order chi connectivity index (χ1) is 6.45. The highest BCUT2D eigenvalue weighted by Gasteiger charge is 2.12. The van der Waals surface area contributed by atoms with E-state index >= 15 is 0 Å². The van der Waals surface area contributed by atoms with E-state index in [4.69, 9.17) is 0 Å². The fourth-order valence-electron chi connectivity index (χ4n) is 1.56. The van der Waals surface area contributed by atoms with Crippen molar-refractivity contribution in [3.63, 3.8) is 0 Å². The average Bonchev–Trinajstić information content (AvgIpc) is 2.69. The molecule has 0 saturated carbocycles. The maximum absolute atomic E-state index is 3.61. The van der Waals surface area contributed by atoms with Crippen LogP contribution < -0.4 is 5.32 Å². The van der Waals surface area contributed by atoms with Gasteiger partial charge in [-0.15, -0.1) is 11.3 Å². The molecule has 1 nitrogen and oxygen atoms in total. The lowest BCUT2D eigenvalue weighted by molar-refractivity contribution is 0.510. The number of nitrogens with one attached hydrogen (secondary N) is 1. The first-order valence-corrected chi connectivity index (χ1v) is 6.82. The van der Waals surface area contributed by atoms with Crippen molar-refractivity contribution in [2.75, 3.05) is 11.5 Å². The van der Waals surface area contributed by atoms with Gasteiger partial charge >= 0.3 is 0 Å². The zero-order valence-corrected chi connectivity index (χ0v) is 9.29. The van der Waals surface area contributed by atoms with Gasteiger partial charge in [0.1, 0.15) is 0 Å². The Morgan fingerprint density at radius 3 is 3.23 bits per heavy atom. The molecule has 3 heteroatoms. The van der Waals surface area contributed by atoms with Crippen molar-refractivity contribution in [3.8, 4) is 0 Å². The molecular formula is C10H15NS2. The summed E-state index contributed by atoms with van der Waals surface area (Å²) < 4.78 is 0. The Bertz CT molecular complexity index is 227. The van der Waals surface area contributed by atoms with Gasteiger partial charge in [-0.05, 0) is 30.0 Å². The molecule has 1 aliphatic heterocycles. The van der Waals surface area contributed by atoms with Crippen molar-refractivity contribution in [3.05, 3.63) is 22.4 Å². The summed E-state index contributed by atoms with van der Waals surface area (Å²) >= 11 is 3.92. The second-order valence-electron chi connectivity index (χ2n) is 3.37. The molecule has 0 unspecified atom stereocenters. The smallest absolute Gasteiger partial charge is 0.0302 e. The van der Waals surface area contributed by atoms with Crippen LogP contribution >= 0.6 is 23.1 Å². The van der Waals surface area contributed by atoms with Crippen LogP contribution in [-0.2, 0) is 6.54 Å². The van der Waals surface area contributed by atoms with E-state index in [-0.39, 0.29) is 0 Å². The van der Waals surface area contributed by atoms with Crippen LogP contribution in [-0.4, -0.2) is 17.5 Å². The lowest BCUT2D eigenvalue weighted by atomic mass is 10.2. The summed E-state index contributed by atoms with van der Waals surface area (Å²) in [7, 11) is 0. The molecule has 72 valence electrons. The van der Waals surface area contributed by atoms with Crippen LogP contribution in [0.1, 0.15) is 17.7 Å². The summed E-state index contributed by atoms with van der Waals surface area (Å²) in [6, 6.07) is 5.08. The molecule has 2 heterocycles. The lowest BCUT2D eigenvalue weighted by Gasteiger charge is -2.22. The molecule has 1 atom stereocenters. The highest BCUT2D eigenvalue weighted by Crippen LogP contribution is 2.17. The number of thiophene rings is 1. The van der Waals surface area contributed by atoms with E-state index in [2.05, 4.69) is 34.6 Å². The van der Waals surface area contributed by atoms with E-state index < -0.39 is 0 Å². The summed E-state index contributed by atoms with van der Waals surface area (Å²) in [5, 5.41) is 5.76. The maximum Gasteiger partial charge on any atom is 0.0302 e. The molecule has 0 aromatic carbocycles. The average molecular weight is 213 g/mol. The van der Waals surface area contributed by atoms with E-state index in [1.807, 2.05) is 11.3 Å². The standard InChI is InChI=1S/C10H15NS2/c1-3-9(8-12-5-1)11-7-10-4-2-6-13-10/h2,4,6,9,11H,1,3,5,7-8H2/t9-/m1/s1. The van der Waals surface area contributed by atoms with Crippen molar-refractivity contribution in [2.45, 2.75) is 25.4 Å². The lowest BCUT2D eigenvalue weighted by Crippen LogP contribution is -2.32. The Hall–Kier alpha value is 0.01000. The van der Waals surface area contributed by atoms with Crippen LogP contribution in [0.15, 0.2) is 17.5 Å². The second kappa shape index (κ2) is 5.03. The number of hydrogen-bond acceptors (Lipinski definition) is 3. The van der Waals surface area contributed by atoms with E-state index in [1.54, 1.807) is 0 Å². The predicted molar refractivity (Wildman–Crippen MR) is 61.5 cm³/mol. The summed E-state index contributed by atoms with van der Waals surface area (Å²) in [6.45, 7) is 1.06. The van der Waals surface area contributed by atoms with Gasteiger partial charge < -0.3 is 5.32 Å². The molecule has 1 aromatic heterocycles. The Morgan fingerprint density at radius 1 is 1.54 bits per heavy atom. The highest BCUT2D eigenvalue weighted by molar-refractivity contribution is 7.99. The summed E-state index contributed by atoms with van der Waals surface area (Å²) in [4.78, 5) is 1.45. The van der Waals surface area contributed by atoms with Crippen molar-refractivity contribution in [1.29, 1.82) is 0 Å². The van der Waals surface area contributed by atoms with Crippen LogP contribution in [0.2, 0.25) is 0 Å². The van der Waals surface area contributed by atoms with Gasteiger partial charge in [0.05, 0.1) is 0 Å². The number of thioether (sulfide) groups is 1. The van der Waals surface area contributed by atoms with Gasteiger partial charge in [0.15, 0.2) is 0 Å². The SMILES string of the molecule is c1csc(CN[C@@H]2CCCSC2)c1. The van der Waals surface area contributed by atoms with Gasteiger partial charge in [0.2, 0.25) is 0 Å². The molecule has 13 heavy (non-hydrogen) atoms. The summed E-state index contributed by atoms with van der Waals surface area (Å²) in [5.74, 6) is 2.66. The highest BCUT2D eigenvalue weighted by atomic mass is 32.2. The van der Waals surface area contributed by atoms with E-state index in [0.717, 1.165) is 12.6 Å². The third-order valence-electron chi connectivity index (χ3n) is 2.31. The molecule has 1 aromatic rings. The Morgan fingerprint density at radius 2 is 2.54 bits per heavy atom. The molecule has 0 amide bonds. The van der Waals surface area contributed by atoms with Crippen LogP contribution in [0, 0.1) is 0 Å². The van der Waals surface area contributed by atoms with Crippen molar-refractivity contribution >= 4 is 23.1 Å². The Balaban J connectivity index is 1.72. The minimum atomic E-state index is 0.751. The Kier molecular flexibility index (Phi) is 3.70.